The molecule has 0 radical (unpaired) electrons. The van der Waals surface area contributed by atoms with Gasteiger partial charge in [0.05, 0.1) is 0 Å². The van der Waals surface area contributed by atoms with Crippen molar-refractivity contribution >= 4 is 5.91 Å². The number of hydrogen-bond acceptors (Lipinski definition) is 2. The van der Waals surface area contributed by atoms with Crippen LogP contribution in [0.1, 0.15) is 47.0 Å². The first-order valence-electron chi connectivity index (χ1n) is 6.44. The molecular formula is C13H26N2O. The van der Waals surface area contributed by atoms with Crippen LogP contribution in [0.4, 0.5) is 0 Å². The highest BCUT2D eigenvalue weighted by Gasteiger charge is 2.26. The highest BCUT2D eigenvalue weighted by atomic mass is 16.2. The van der Waals surface area contributed by atoms with Crippen LogP contribution >= 0.6 is 0 Å². The smallest absolute Gasteiger partial charge is 0.223 e. The Bertz CT molecular complexity index is 227. The van der Waals surface area contributed by atoms with E-state index in [0.717, 1.165) is 26.1 Å². The van der Waals surface area contributed by atoms with Crippen LogP contribution in [0, 0.1) is 5.41 Å². The quantitative estimate of drug-likeness (QED) is 0.798. The van der Waals surface area contributed by atoms with Gasteiger partial charge in [-0.1, -0.05) is 20.8 Å². The third-order valence-corrected chi connectivity index (χ3v) is 3.05. The lowest BCUT2D eigenvalue weighted by Gasteiger charge is -2.35. The second kappa shape index (κ2) is 5.67. The fourth-order valence-corrected chi connectivity index (χ4v) is 2.29. The molecule has 94 valence electrons. The fourth-order valence-electron chi connectivity index (χ4n) is 2.29. The molecule has 1 N–H and O–H groups in total. The van der Waals surface area contributed by atoms with Crippen molar-refractivity contribution in [3.63, 3.8) is 0 Å². The van der Waals surface area contributed by atoms with Gasteiger partial charge >= 0.3 is 0 Å². The SMILES string of the molecule is CCN(C(=O)CC(C)(C)C)C1CCCNC1. The Morgan fingerprint density at radius 1 is 1.44 bits per heavy atom. The summed E-state index contributed by atoms with van der Waals surface area (Å²) in [7, 11) is 0. The number of amides is 1. The van der Waals surface area contributed by atoms with Gasteiger partial charge in [-0.25, -0.2) is 0 Å². The van der Waals surface area contributed by atoms with Crippen molar-refractivity contribution < 1.29 is 4.79 Å². The van der Waals surface area contributed by atoms with Crippen LogP contribution in [0.5, 0.6) is 0 Å². The van der Waals surface area contributed by atoms with E-state index in [1.54, 1.807) is 0 Å². The molecule has 3 heteroatoms. The second-order valence-electron chi connectivity index (χ2n) is 5.92. The topological polar surface area (TPSA) is 32.3 Å². The second-order valence-corrected chi connectivity index (χ2v) is 5.92. The molecule has 1 fully saturated rings. The first kappa shape index (κ1) is 13.5. The van der Waals surface area contributed by atoms with Gasteiger partial charge in [0.25, 0.3) is 0 Å². The van der Waals surface area contributed by atoms with E-state index < -0.39 is 0 Å². The number of hydrogen-bond donors (Lipinski definition) is 1. The zero-order valence-electron chi connectivity index (χ0n) is 11.2. The van der Waals surface area contributed by atoms with Gasteiger partial charge in [-0.05, 0) is 31.7 Å². The van der Waals surface area contributed by atoms with Crippen molar-refractivity contribution in [1.29, 1.82) is 0 Å². The first-order chi connectivity index (χ1) is 7.44. The summed E-state index contributed by atoms with van der Waals surface area (Å²) in [5.74, 6) is 0.309. The molecule has 0 saturated carbocycles. The minimum absolute atomic E-state index is 0.0899. The molecule has 0 bridgehead atoms. The lowest BCUT2D eigenvalue weighted by atomic mass is 9.91. The maximum atomic E-state index is 12.2. The molecule has 1 unspecified atom stereocenters. The summed E-state index contributed by atoms with van der Waals surface area (Å²) in [6.45, 7) is 11.3. The molecule has 3 nitrogen and oxygen atoms in total. The van der Waals surface area contributed by atoms with E-state index >= 15 is 0 Å². The number of likely N-dealkylation sites (N-methyl/N-ethyl adjacent to an activating group) is 1. The van der Waals surface area contributed by atoms with Crippen molar-refractivity contribution in [3.8, 4) is 0 Å². The van der Waals surface area contributed by atoms with Crippen LogP contribution in [0.25, 0.3) is 0 Å². The summed E-state index contributed by atoms with van der Waals surface area (Å²) < 4.78 is 0. The average molecular weight is 226 g/mol. The normalized spacial score (nSPS) is 21.9. The summed E-state index contributed by atoms with van der Waals surface area (Å²) in [4.78, 5) is 14.2. The lowest BCUT2D eigenvalue weighted by molar-refractivity contribution is -0.135. The van der Waals surface area contributed by atoms with Crippen LogP contribution in [0.3, 0.4) is 0 Å². The predicted octanol–water partition coefficient (Wildman–Crippen LogP) is 2.02. The minimum Gasteiger partial charge on any atom is -0.339 e. The van der Waals surface area contributed by atoms with E-state index in [4.69, 9.17) is 0 Å². The molecule has 1 saturated heterocycles. The molecule has 1 rings (SSSR count). The predicted molar refractivity (Wildman–Crippen MR) is 67.4 cm³/mol. The summed E-state index contributed by atoms with van der Waals surface area (Å²) >= 11 is 0. The summed E-state index contributed by atoms with van der Waals surface area (Å²) in [6, 6.07) is 0.411. The summed E-state index contributed by atoms with van der Waals surface area (Å²) in [5, 5.41) is 3.37. The third-order valence-electron chi connectivity index (χ3n) is 3.05. The summed E-state index contributed by atoms with van der Waals surface area (Å²) in [6.07, 6.45) is 2.98. The van der Waals surface area contributed by atoms with Gasteiger partial charge in [0, 0.05) is 25.6 Å². The number of nitrogens with one attached hydrogen (secondary N) is 1. The van der Waals surface area contributed by atoms with Gasteiger partial charge in [-0.2, -0.15) is 0 Å². The molecule has 16 heavy (non-hydrogen) atoms. The molecule has 0 aromatic carbocycles. The van der Waals surface area contributed by atoms with Crippen LogP contribution in [-0.4, -0.2) is 36.5 Å². The zero-order chi connectivity index (χ0) is 12.2. The van der Waals surface area contributed by atoms with E-state index in [9.17, 15) is 4.79 Å². The maximum absolute atomic E-state index is 12.2. The Balaban J connectivity index is 2.55. The van der Waals surface area contributed by atoms with Crippen LogP contribution < -0.4 is 5.32 Å². The largest absolute Gasteiger partial charge is 0.339 e. The number of nitrogens with zero attached hydrogens (tertiary/aromatic N) is 1. The van der Waals surface area contributed by atoms with E-state index in [2.05, 4.69) is 37.9 Å². The van der Waals surface area contributed by atoms with Crippen LogP contribution in [-0.2, 0) is 4.79 Å². The van der Waals surface area contributed by atoms with E-state index in [-0.39, 0.29) is 5.41 Å². The molecule has 0 aromatic rings. The molecular weight excluding hydrogens is 200 g/mol. The van der Waals surface area contributed by atoms with Gasteiger partial charge < -0.3 is 10.2 Å². The standard InChI is InChI=1S/C13H26N2O/c1-5-15(11-7-6-8-14-10-11)12(16)9-13(2,3)4/h11,14H,5-10H2,1-4H3. The van der Waals surface area contributed by atoms with Gasteiger partial charge in [0.15, 0.2) is 0 Å². The minimum atomic E-state index is 0.0899. The number of rotatable bonds is 3. The molecule has 0 aromatic heterocycles. The molecule has 0 spiro atoms. The van der Waals surface area contributed by atoms with Gasteiger partial charge in [-0.3, -0.25) is 4.79 Å². The Morgan fingerprint density at radius 3 is 2.56 bits per heavy atom. The Kier molecular flexibility index (Phi) is 4.78. The lowest BCUT2D eigenvalue weighted by Crippen LogP contribution is -2.49. The monoisotopic (exact) mass is 226 g/mol. The van der Waals surface area contributed by atoms with Crippen molar-refractivity contribution in [1.82, 2.24) is 10.2 Å². The molecule has 1 atom stereocenters. The number of piperidine rings is 1. The van der Waals surface area contributed by atoms with Crippen molar-refractivity contribution in [2.75, 3.05) is 19.6 Å². The molecule has 1 heterocycles. The van der Waals surface area contributed by atoms with E-state index in [1.807, 2.05) is 0 Å². The first-order valence-corrected chi connectivity index (χ1v) is 6.44. The van der Waals surface area contributed by atoms with Crippen molar-refractivity contribution in [2.45, 2.75) is 53.0 Å². The number of carbonyl (C=O) groups excluding carboxylic acids is 1. The van der Waals surface area contributed by atoms with Gasteiger partial charge in [-0.15, -0.1) is 0 Å². The maximum Gasteiger partial charge on any atom is 0.223 e. The number of carbonyl (C=O) groups is 1. The molecule has 1 aliphatic heterocycles. The third kappa shape index (κ3) is 4.12. The van der Waals surface area contributed by atoms with Crippen LogP contribution in [0.2, 0.25) is 0 Å². The van der Waals surface area contributed by atoms with Crippen LogP contribution in [0.15, 0.2) is 0 Å². The van der Waals surface area contributed by atoms with E-state index in [1.165, 1.54) is 6.42 Å². The Hall–Kier alpha value is -0.570. The molecule has 1 aliphatic rings. The molecule has 0 aliphatic carbocycles. The summed E-state index contributed by atoms with van der Waals surface area (Å²) in [5.41, 5.74) is 0.0899. The van der Waals surface area contributed by atoms with Crippen molar-refractivity contribution in [3.05, 3.63) is 0 Å². The highest BCUT2D eigenvalue weighted by Crippen LogP contribution is 2.21. The van der Waals surface area contributed by atoms with E-state index in [0.29, 0.717) is 18.4 Å². The Morgan fingerprint density at radius 2 is 2.12 bits per heavy atom. The average Bonchev–Trinajstić information content (AvgIpc) is 2.17. The van der Waals surface area contributed by atoms with Gasteiger partial charge in [0.1, 0.15) is 0 Å². The van der Waals surface area contributed by atoms with Gasteiger partial charge in [0.2, 0.25) is 5.91 Å². The fraction of sp³-hybridized carbons (Fsp3) is 0.923. The zero-order valence-corrected chi connectivity index (χ0v) is 11.2. The Labute approximate surface area is 99.6 Å². The highest BCUT2D eigenvalue weighted by molar-refractivity contribution is 5.77. The molecule has 1 amide bonds. The van der Waals surface area contributed by atoms with Crippen molar-refractivity contribution in [2.24, 2.45) is 5.41 Å².